The first-order chi connectivity index (χ1) is 5.00. The van der Waals surface area contributed by atoms with Gasteiger partial charge in [0.25, 0.3) is 0 Å². The molecule has 2 heteroatoms. The number of hydrogen-bond acceptors (Lipinski definition) is 2. The molecule has 0 saturated heterocycles. The smallest absolute Gasteiger partial charge is 0.0178 e. The van der Waals surface area contributed by atoms with Crippen LogP contribution < -0.4 is 0 Å². The Morgan fingerprint density at radius 2 is 0.900 bits per heavy atom. The van der Waals surface area contributed by atoms with E-state index in [9.17, 15) is 0 Å². The summed E-state index contributed by atoms with van der Waals surface area (Å²) in [5.74, 6) is 0. The van der Waals surface area contributed by atoms with Crippen LogP contribution in [-0.2, 0) is 0 Å². The van der Waals surface area contributed by atoms with Crippen LogP contribution in [0.2, 0.25) is 0 Å². The normalized spacial score (nSPS) is 30.4. The zero-order valence-corrected chi connectivity index (χ0v) is 7.07. The van der Waals surface area contributed by atoms with Gasteiger partial charge in [-0.2, -0.15) is 0 Å². The summed E-state index contributed by atoms with van der Waals surface area (Å²) in [4.78, 5) is 0. The lowest BCUT2D eigenvalue weighted by molar-refractivity contribution is 1.90. The average molecular weight is 168 g/mol. The molecule has 0 aromatic carbocycles. The van der Waals surface area contributed by atoms with Crippen LogP contribution in [-0.4, -0.2) is 0 Å². The molecule has 0 bridgehead atoms. The first-order valence-electron chi connectivity index (χ1n) is 2.97. The third-order valence-electron chi connectivity index (χ3n) is 0.879. The van der Waals surface area contributed by atoms with Crippen LogP contribution in [0, 0.1) is 0 Å². The first-order valence-corrected chi connectivity index (χ1v) is 5.25. The zero-order chi connectivity index (χ0) is 7.07. The molecule has 1 rings (SSSR count). The summed E-state index contributed by atoms with van der Waals surface area (Å²) in [5.41, 5.74) is 0. The highest BCUT2D eigenvalue weighted by atomic mass is 33.1. The Morgan fingerprint density at radius 1 is 0.500 bits per heavy atom. The summed E-state index contributed by atoms with van der Waals surface area (Å²) < 4.78 is 0. The van der Waals surface area contributed by atoms with E-state index in [0.717, 1.165) is 0 Å². The molecule has 0 atom stereocenters. The minimum atomic E-state index is 1.72. The van der Waals surface area contributed by atoms with Gasteiger partial charge in [0.05, 0.1) is 0 Å². The van der Waals surface area contributed by atoms with Crippen LogP contribution in [0.25, 0.3) is 0 Å². The van der Waals surface area contributed by atoms with E-state index < -0.39 is 0 Å². The van der Waals surface area contributed by atoms with Gasteiger partial charge in [-0.25, -0.2) is 0 Å². The standard InChI is InChI=1S/C8H8S2/c1-2-4-6-8-10-9-7-5-3-1/h1-8H/b3-1-,4-2-,7-5-,8-6-. The van der Waals surface area contributed by atoms with Crippen LogP contribution in [0.5, 0.6) is 0 Å². The van der Waals surface area contributed by atoms with Gasteiger partial charge in [0.1, 0.15) is 0 Å². The molecule has 0 amide bonds. The topological polar surface area (TPSA) is 0 Å². The lowest BCUT2D eigenvalue weighted by Crippen LogP contribution is -1.52. The van der Waals surface area contributed by atoms with E-state index in [4.69, 9.17) is 0 Å². The van der Waals surface area contributed by atoms with E-state index in [2.05, 4.69) is 10.8 Å². The minimum Gasteiger partial charge on any atom is -0.0622 e. The molecule has 0 aromatic heterocycles. The van der Waals surface area contributed by atoms with E-state index in [-0.39, 0.29) is 0 Å². The predicted molar refractivity (Wildman–Crippen MR) is 51.7 cm³/mol. The Bertz CT molecular complexity index is 165. The second kappa shape index (κ2) is 5.45. The fourth-order valence-electron chi connectivity index (χ4n) is 0.476. The lowest BCUT2D eigenvalue weighted by atomic mass is 10.4. The lowest BCUT2D eigenvalue weighted by Gasteiger charge is -1.84. The maximum absolute atomic E-state index is 2.06. The molecule has 0 fully saturated rings. The van der Waals surface area contributed by atoms with Crippen LogP contribution in [0.15, 0.2) is 47.3 Å². The summed E-state index contributed by atoms with van der Waals surface area (Å²) in [6.07, 6.45) is 12.1. The van der Waals surface area contributed by atoms with Crippen LogP contribution in [0.3, 0.4) is 0 Å². The molecule has 0 radical (unpaired) electrons. The number of rotatable bonds is 0. The van der Waals surface area contributed by atoms with Gasteiger partial charge in [0.2, 0.25) is 0 Å². The summed E-state index contributed by atoms with van der Waals surface area (Å²) >= 11 is 0. The third-order valence-corrected chi connectivity index (χ3v) is 2.53. The molecule has 0 aliphatic carbocycles. The molecule has 0 aromatic rings. The van der Waals surface area contributed by atoms with Gasteiger partial charge in [0, 0.05) is 0 Å². The summed E-state index contributed by atoms with van der Waals surface area (Å²) in [6.45, 7) is 0. The molecular formula is C8H8S2. The second-order valence-corrected chi connectivity index (χ2v) is 3.70. The summed E-state index contributed by atoms with van der Waals surface area (Å²) in [5, 5.41) is 4.12. The van der Waals surface area contributed by atoms with E-state index >= 15 is 0 Å². The molecule has 10 heavy (non-hydrogen) atoms. The molecule has 0 nitrogen and oxygen atoms in total. The van der Waals surface area contributed by atoms with Crippen molar-refractivity contribution in [2.45, 2.75) is 0 Å². The van der Waals surface area contributed by atoms with Gasteiger partial charge < -0.3 is 0 Å². The number of hydrogen-bond donors (Lipinski definition) is 0. The van der Waals surface area contributed by atoms with Crippen molar-refractivity contribution in [2.75, 3.05) is 0 Å². The highest BCUT2D eigenvalue weighted by Gasteiger charge is 1.75. The molecule has 1 aliphatic rings. The monoisotopic (exact) mass is 168 g/mol. The van der Waals surface area contributed by atoms with Gasteiger partial charge in [0.15, 0.2) is 0 Å². The largest absolute Gasteiger partial charge is 0.0622 e. The Balaban J connectivity index is 2.53. The maximum Gasteiger partial charge on any atom is -0.0178 e. The van der Waals surface area contributed by atoms with Crippen molar-refractivity contribution < 1.29 is 0 Å². The molecular weight excluding hydrogens is 160 g/mol. The fraction of sp³-hybridized carbons (Fsp3) is 0. The molecule has 1 heterocycles. The first kappa shape index (κ1) is 7.76. The predicted octanol–water partition coefficient (Wildman–Crippen LogP) is 3.52. The highest BCUT2D eigenvalue weighted by Crippen LogP contribution is 2.23. The van der Waals surface area contributed by atoms with E-state index in [1.807, 2.05) is 36.5 Å². The molecule has 0 spiro atoms. The van der Waals surface area contributed by atoms with E-state index in [1.54, 1.807) is 21.6 Å². The summed E-state index contributed by atoms with van der Waals surface area (Å²) in [7, 11) is 3.43. The Kier molecular flexibility index (Phi) is 4.23. The molecule has 0 unspecified atom stereocenters. The molecule has 1 aliphatic heterocycles. The van der Waals surface area contributed by atoms with Gasteiger partial charge in [-0.05, 0) is 10.8 Å². The highest BCUT2D eigenvalue weighted by molar-refractivity contribution is 8.78. The van der Waals surface area contributed by atoms with E-state index in [1.165, 1.54) is 0 Å². The van der Waals surface area contributed by atoms with Crippen molar-refractivity contribution in [3.05, 3.63) is 47.3 Å². The Labute approximate surface area is 69.2 Å². The van der Waals surface area contributed by atoms with Crippen LogP contribution >= 0.6 is 21.6 Å². The van der Waals surface area contributed by atoms with Gasteiger partial charge >= 0.3 is 0 Å². The van der Waals surface area contributed by atoms with Crippen molar-refractivity contribution in [1.29, 1.82) is 0 Å². The van der Waals surface area contributed by atoms with Crippen molar-refractivity contribution >= 4 is 21.6 Å². The zero-order valence-electron chi connectivity index (χ0n) is 5.44. The maximum atomic E-state index is 2.06. The number of allylic oxidation sites excluding steroid dienone is 6. The fourth-order valence-corrected chi connectivity index (χ4v) is 1.68. The van der Waals surface area contributed by atoms with Crippen molar-refractivity contribution in [2.24, 2.45) is 0 Å². The van der Waals surface area contributed by atoms with Crippen LogP contribution in [0.4, 0.5) is 0 Å². The minimum absolute atomic E-state index is 1.72. The van der Waals surface area contributed by atoms with Gasteiger partial charge in [-0.3, -0.25) is 0 Å². The van der Waals surface area contributed by atoms with Gasteiger partial charge in [-0.1, -0.05) is 58.0 Å². The quantitative estimate of drug-likeness (QED) is 0.507. The van der Waals surface area contributed by atoms with Crippen molar-refractivity contribution in [1.82, 2.24) is 0 Å². The second-order valence-electron chi connectivity index (χ2n) is 1.62. The SMILES string of the molecule is C1=C\C=C/SS/C=C\C=C/1. The molecule has 0 N–H and O–H groups in total. The Hall–Kier alpha value is -0.340. The van der Waals surface area contributed by atoms with E-state index in [0.29, 0.717) is 0 Å². The average Bonchev–Trinajstić information content (AvgIpc) is 2.01. The Morgan fingerprint density at radius 3 is 1.40 bits per heavy atom. The molecule has 0 saturated carbocycles. The van der Waals surface area contributed by atoms with Crippen molar-refractivity contribution in [3.8, 4) is 0 Å². The van der Waals surface area contributed by atoms with Crippen LogP contribution in [0.1, 0.15) is 0 Å². The third kappa shape index (κ3) is 3.64. The van der Waals surface area contributed by atoms with Crippen molar-refractivity contribution in [3.63, 3.8) is 0 Å². The van der Waals surface area contributed by atoms with Gasteiger partial charge in [-0.15, -0.1) is 0 Å². The molecule has 52 valence electrons. The summed E-state index contributed by atoms with van der Waals surface area (Å²) in [6, 6.07) is 0.